The smallest absolute Gasteiger partial charge is 0.251 e. The van der Waals surface area contributed by atoms with Crippen molar-refractivity contribution >= 4 is 17.5 Å². The maximum absolute atomic E-state index is 12.1. The quantitative estimate of drug-likeness (QED) is 0.802. The minimum absolute atomic E-state index is 0.0802. The summed E-state index contributed by atoms with van der Waals surface area (Å²) in [7, 11) is 0. The molecule has 1 unspecified atom stereocenters. The Morgan fingerprint density at radius 1 is 1.30 bits per heavy atom. The van der Waals surface area contributed by atoms with Crippen molar-refractivity contribution in [1.29, 1.82) is 0 Å². The molecule has 0 spiro atoms. The van der Waals surface area contributed by atoms with Crippen molar-refractivity contribution in [3.8, 4) is 0 Å². The SMILES string of the molecule is CCN(CC)C(=O)C(C)NC(=O)c1ccc(C)c(N)c1. The van der Waals surface area contributed by atoms with E-state index in [0.717, 1.165) is 5.56 Å². The summed E-state index contributed by atoms with van der Waals surface area (Å²) < 4.78 is 0. The number of anilines is 1. The lowest BCUT2D eigenvalue weighted by atomic mass is 10.1. The van der Waals surface area contributed by atoms with E-state index in [2.05, 4.69) is 5.32 Å². The number of nitrogen functional groups attached to an aromatic ring is 1. The summed E-state index contributed by atoms with van der Waals surface area (Å²) in [5, 5.41) is 2.71. The Kier molecular flexibility index (Phi) is 5.55. The Balaban J connectivity index is 2.74. The monoisotopic (exact) mass is 277 g/mol. The van der Waals surface area contributed by atoms with Crippen LogP contribution in [-0.4, -0.2) is 35.8 Å². The number of carbonyl (C=O) groups excluding carboxylic acids is 2. The van der Waals surface area contributed by atoms with Gasteiger partial charge in [0, 0.05) is 24.3 Å². The molecule has 3 N–H and O–H groups in total. The fourth-order valence-corrected chi connectivity index (χ4v) is 1.93. The molecule has 1 aromatic carbocycles. The van der Waals surface area contributed by atoms with Gasteiger partial charge in [0.2, 0.25) is 5.91 Å². The van der Waals surface area contributed by atoms with Crippen LogP contribution < -0.4 is 11.1 Å². The summed E-state index contributed by atoms with van der Waals surface area (Å²) in [5.74, 6) is -0.367. The predicted molar refractivity (Wildman–Crippen MR) is 80.4 cm³/mol. The third-order valence-corrected chi connectivity index (χ3v) is 3.33. The molecule has 0 bridgehead atoms. The molecule has 0 aromatic heterocycles. The first-order chi connectivity index (χ1) is 9.40. The summed E-state index contributed by atoms with van der Waals surface area (Å²) in [6.45, 7) is 8.66. The first kappa shape index (κ1) is 16.0. The van der Waals surface area contributed by atoms with Crippen LogP contribution in [0.3, 0.4) is 0 Å². The van der Waals surface area contributed by atoms with E-state index in [1.807, 2.05) is 20.8 Å². The molecule has 5 heteroatoms. The number of aryl methyl sites for hydroxylation is 1. The molecule has 0 saturated carbocycles. The van der Waals surface area contributed by atoms with E-state index < -0.39 is 6.04 Å². The van der Waals surface area contributed by atoms with Crippen LogP contribution in [0.1, 0.15) is 36.7 Å². The zero-order valence-electron chi connectivity index (χ0n) is 12.6. The molecule has 0 heterocycles. The van der Waals surface area contributed by atoms with Gasteiger partial charge in [-0.05, 0) is 45.4 Å². The molecule has 0 aliphatic carbocycles. The summed E-state index contributed by atoms with van der Waals surface area (Å²) in [6, 6.07) is 4.57. The summed E-state index contributed by atoms with van der Waals surface area (Å²) in [6.07, 6.45) is 0. The maximum atomic E-state index is 12.1. The molecule has 0 aliphatic heterocycles. The van der Waals surface area contributed by atoms with Gasteiger partial charge in [-0.3, -0.25) is 9.59 Å². The summed E-state index contributed by atoms with van der Waals surface area (Å²) >= 11 is 0. The second-order valence-corrected chi connectivity index (χ2v) is 4.78. The second-order valence-electron chi connectivity index (χ2n) is 4.78. The van der Waals surface area contributed by atoms with E-state index in [-0.39, 0.29) is 11.8 Å². The molecule has 0 saturated heterocycles. The lowest BCUT2D eigenvalue weighted by Crippen LogP contribution is -2.46. The number of amides is 2. The van der Waals surface area contributed by atoms with Gasteiger partial charge in [0.1, 0.15) is 6.04 Å². The predicted octanol–water partition coefficient (Wildman–Crippen LogP) is 1.56. The largest absolute Gasteiger partial charge is 0.398 e. The van der Waals surface area contributed by atoms with Crippen molar-refractivity contribution in [2.75, 3.05) is 18.8 Å². The van der Waals surface area contributed by atoms with Crippen LogP contribution in [0.4, 0.5) is 5.69 Å². The first-order valence-electron chi connectivity index (χ1n) is 6.86. The van der Waals surface area contributed by atoms with Crippen LogP contribution in [0.5, 0.6) is 0 Å². The maximum Gasteiger partial charge on any atom is 0.251 e. The fourth-order valence-electron chi connectivity index (χ4n) is 1.93. The van der Waals surface area contributed by atoms with Crippen LogP contribution in [0.25, 0.3) is 0 Å². The van der Waals surface area contributed by atoms with Crippen LogP contribution in [0.15, 0.2) is 18.2 Å². The fraction of sp³-hybridized carbons (Fsp3) is 0.467. The van der Waals surface area contributed by atoms with E-state index in [4.69, 9.17) is 5.73 Å². The number of nitrogens with zero attached hydrogens (tertiary/aromatic N) is 1. The molecular weight excluding hydrogens is 254 g/mol. The molecule has 110 valence electrons. The zero-order valence-corrected chi connectivity index (χ0v) is 12.6. The Hall–Kier alpha value is -2.04. The number of likely N-dealkylation sites (N-methyl/N-ethyl adjacent to an activating group) is 1. The highest BCUT2D eigenvalue weighted by Crippen LogP contribution is 2.13. The van der Waals surface area contributed by atoms with E-state index in [1.165, 1.54) is 0 Å². The molecule has 1 aromatic rings. The van der Waals surface area contributed by atoms with Crippen LogP contribution in [-0.2, 0) is 4.79 Å². The Morgan fingerprint density at radius 3 is 2.40 bits per heavy atom. The number of rotatable bonds is 5. The minimum atomic E-state index is -0.551. The van der Waals surface area contributed by atoms with Gasteiger partial charge in [-0.15, -0.1) is 0 Å². The molecule has 0 aliphatic rings. The summed E-state index contributed by atoms with van der Waals surface area (Å²) in [5.41, 5.74) is 7.74. The van der Waals surface area contributed by atoms with Gasteiger partial charge >= 0.3 is 0 Å². The van der Waals surface area contributed by atoms with Crippen molar-refractivity contribution in [3.05, 3.63) is 29.3 Å². The van der Waals surface area contributed by atoms with Gasteiger partial charge in [-0.25, -0.2) is 0 Å². The molecule has 1 atom stereocenters. The molecule has 1 rings (SSSR count). The molecule has 2 amide bonds. The lowest BCUT2D eigenvalue weighted by molar-refractivity contribution is -0.132. The van der Waals surface area contributed by atoms with Gasteiger partial charge in [0.25, 0.3) is 5.91 Å². The van der Waals surface area contributed by atoms with Crippen molar-refractivity contribution in [1.82, 2.24) is 10.2 Å². The highest BCUT2D eigenvalue weighted by Gasteiger charge is 2.20. The molecule has 0 radical (unpaired) electrons. The van der Waals surface area contributed by atoms with E-state index in [1.54, 1.807) is 30.0 Å². The van der Waals surface area contributed by atoms with Crippen LogP contribution in [0, 0.1) is 6.92 Å². The number of hydrogen-bond acceptors (Lipinski definition) is 3. The highest BCUT2D eigenvalue weighted by molar-refractivity contribution is 5.98. The van der Waals surface area contributed by atoms with Crippen LogP contribution in [0.2, 0.25) is 0 Å². The van der Waals surface area contributed by atoms with E-state index in [0.29, 0.717) is 24.3 Å². The number of benzene rings is 1. The highest BCUT2D eigenvalue weighted by atomic mass is 16.2. The Labute approximate surface area is 120 Å². The van der Waals surface area contributed by atoms with Crippen molar-refractivity contribution in [2.45, 2.75) is 33.7 Å². The van der Waals surface area contributed by atoms with Crippen molar-refractivity contribution < 1.29 is 9.59 Å². The number of nitrogens with two attached hydrogens (primary N) is 1. The zero-order chi connectivity index (χ0) is 15.3. The van der Waals surface area contributed by atoms with Crippen LogP contribution >= 0.6 is 0 Å². The van der Waals surface area contributed by atoms with E-state index in [9.17, 15) is 9.59 Å². The average molecular weight is 277 g/mol. The average Bonchev–Trinajstić information content (AvgIpc) is 2.42. The first-order valence-corrected chi connectivity index (χ1v) is 6.86. The molecule has 20 heavy (non-hydrogen) atoms. The van der Waals surface area contributed by atoms with Gasteiger partial charge in [-0.1, -0.05) is 6.07 Å². The van der Waals surface area contributed by atoms with E-state index >= 15 is 0 Å². The van der Waals surface area contributed by atoms with Gasteiger partial charge in [-0.2, -0.15) is 0 Å². The standard InChI is InChI=1S/C15H23N3O2/c1-5-18(6-2)15(20)11(4)17-14(19)12-8-7-10(3)13(16)9-12/h7-9,11H,5-6,16H2,1-4H3,(H,17,19). The third-order valence-electron chi connectivity index (χ3n) is 3.33. The van der Waals surface area contributed by atoms with Gasteiger partial charge < -0.3 is 16.0 Å². The molecular formula is C15H23N3O2. The topological polar surface area (TPSA) is 75.4 Å². The van der Waals surface area contributed by atoms with Crippen molar-refractivity contribution in [3.63, 3.8) is 0 Å². The number of hydrogen-bond donors (Lipinski definition) is 2. The normalized spacial score (nSPS) is 11.8. The molecule has 0 fully saturated rings. The third kappa shape index (κ3) is 3.73. The second kappa shape index (κ2) is 6.93. The lowest BCUT2D eigenvalue weighted by Gasteiger charge is -2.23. The number of nitrogens with one attached hydrogen (secondary N) is 1. The minimum Gasteiger partial charge on any atom is -0.398 e. The number of carbonyl (C=O) groups is 2. The van der Waals surface area contributed by atoms with Crippen molar-refractivity contribution in [2.24, 2.45) is 0 Å². The van der Waals surface area contributed by atoms with Gasteiger partial charge in [0.15, 0.2) is 0 Å². The molecule has 5 nitrogen and oxygen atoms in total. The Morgan fingerprint density at radius 2 is 1.90 bits per heavy atom. The summed E-state index contributed by atoms with van der Waals surface area (Å²) in [4.78, 5) is 25.9. The Bertz CT molecular complexity index is 496. The van der Waals surface area contributed by atoms with Gasteiger partial charge in [0.05, 0.1) is 0 Å².